The van der Waals surface area contributed by atoms with Gasteiger partial charge in [0.2, 0.25) is 10.0 Å². The largest absolute Gasteiger partial charge is 0.497 e. The van der Waals surface area contributed by atoms with Crippen LogP contribution in [0.2, 0.25) is 0 Å². The van der Waals surface area contributed by atoms with Gasteiger partial charge < -0.3 is 9.64 Å². The standard InChI is InChI=1S/C21H28N2O3S/c1-18-5-3-7-20(15-18)17-27(24,25)23-13-11-22(12-14-23)10-9-19-6-4-8-21(16-19)26-2/h3-8,15-16H,9-14,17H2,1-2H3. The minimum absolute atomic E-state index is 0.0818. The van der Waals surface area contributed by atoms with E-state index in [2.05, 4.69) is 17.0 Å². The highest BCUT2D eigenvalue weighted by atomic mass is 32.2. The SMILES string of the molecule is COc1cccc(CCN2CCN(S(=O)(=O)Cc3cccc(C)c3)CC2)c1. The Morgan fingerprint density at radius 2 is 1.67 bits per heavy atom. The fourth-order valence-electron chi connectivity index (χ4n) is 3.45. The Labute approximate surface area is 162 Å². The molecule has 1 aliphatic rings. The molecule has 1 aliphatic heterocycles. The van der Waals surface area contributed by atoms with Gasteiger partial charge in [-0.1, -0.05) is 42.0 Å². The maximum Gasteiger partial charge on any atom is 0.218 e. The molecule has 0 amide bonds. The molecule has 3 rings (SSSR count). The number of rotatable bonds is 7. The van der Waals surface area contributed by atoms with Crippen molar-refractivity contribution in [3.63, 3.8) is 0 Å². The number of hydrogen-bond donors (Lipinski definition) is 0. The third-order valence-corrected chi connectivity index (χ3v) is 6.86. The minimum atomic E-state index is -3.26. The van der Waals surface area contributed by atoms with Gasteiger partial charge in [0.15, 0.2) is 0 Å². The van der Waals surface area contributed by atoms with Gasteiger partial charge in [-0.15, -0.1) is 0 Å². The Hall–Kier alpha value is -1.89. The third-order valence-electron chi connectivity index (χ3n) is 5.01. The lowest BCUT2D eigenvalue weighted by atomic mass is 10.1. The average Bonchev–Trinajstić information content (AvgIpc) is 2.66. The van der Waals surface area contributed by atoms with Gasteiger partial charge in [0.1, 0.15) is 5.75 Å². The molecule has 0 atom stereocenters. The van der Waals surface area contributed by atoms with Crippen LogP contribution in [0.3, 0.4) is 0 Å². The number of methoxy groups -OCH3 is 1. The molecule has 0 N–H and O–H groups in total. The fourth-order valence-corrected chi connectivity index (χ4v) is 4.95. The lowest BCUT2D eigenvalue weighted by Gasteiger charge is -2.34. The number of piperazine rings is 1. The molecule has 0 aliphatic carbocycles. The van der Waals surface area contributed by atoms with Crippen molar-refractivity contribution in [2.24, 2.45) is 0 Å². The van der Waals surface area contributed by atoms with Gasteiger partial charge >= 0.3 is 0 Å². The zero-order valence-electron chi connectivity index (χ0n) is 16.1. The first-order chi connectivity index (χ1) is 13.0. The summed E-state index contributed by atoms with van der Waals surface area (Å²) in [5.41, 5.74) is 3.18. The topological polar surface area (TPSA) is 49.9 Å². The van der Waals surface area contributed by atoms with E-state index in [-0.39, 0.29) is 5.75 Å². The van der Waals surface area contributed by atoms with Crippen LogP contribution in [0.25, 0.3) is 0 Å². The van der Waals surface area contributed by atoms with E-state index in [1.807, 2.05) is 43.3 Å². The van der Waals surface area contributed by atoms with Crippen LogP contribution in [0.1, 0.15) is 16.7 Å². The van der Waals surface area contributed by atoms with E-state index in [4.69, 9.17) is 4.74 Å². The van der Waals surface area contributed by atoms with Crippen LogP contribution in [0.5, 0.6) is 5.75 Å². The summed E-state index contributed by atoms with van der Waals surface area (Å²) in [7, 11) is -1.59. The van der Waals surface area contributed by atoms with Crippen molar-refractivity contribution in [1.29, 1.82) is 0 Å². The van der Waals surface area contributed by atoms with Crippen LogP contribution < -0.4 is 4.74 Å². The predicted octanol–water partition coefficient (Wildman–Crippen LogP) is 2.69. The molecule has 0 aromatic heterocycles. The molecule has 27 heavy (non-hydrogen) atoms. The smallest absolute Gasteiger partial charge is 0.218 e. The van der Waals surface area contributed by atoms with E-state index in [9.17, 15) is 8.42 Å². The van der Waals surface area contributed by atoms with Crippen molar-refractivity contribution < 1.29 is 13.2 Å². The Bertz CT molecular complexity index is 859. The Morgan fingerprint density at radius 3 is 2.37 bits per heavy atom. The molecular formula is C21H28N2O3S. The van der Waals surface area contributed by atoms with Gasteiger partial charge in [-0.05, 0) is 36.6 Å². The lowest BCUT2D eigenvalue weighted by Crippen LogP contribution is -2.49. The van der Waals surface area contributed by atoms with E-state index in [1.54, 1.807) is 11.4 Å². The molecule has 0 saturated carbocycles. The van der Waals surface area contributed by atoms with Gasteiger partial charge in [-0.3, -0.25) is 0 Å². The summed E-state index contributed by atoms with van der Waals surface area (Å²) in [6, 6.07) is 15.8. The van der Waals surface area contributed by atoms with Crippen LogP contribution in [0, 0.1) is 6.92 Å². The van der Waals surface area contributed by atoms with E-state index < -0.39 is 10.0 Å². The van der Waals surface area contributed by atoms with Crippen molar-refractivity contribution in [1.82, 2.24) is 9.21 Å². The number of hydrogen-bond acceptors (Lipinski definition) is 4. The first kappa shape index (κ1) is 19.9. The van der Waals surface area contributed by atoms with Crippen LogP contribution in [-0.4, -0.2) is 57.5 Å². The van der Waals surface area contributed by atoms with E-state index in [1.165, 1.54) is 5.56 Å². The van der Waals surface area contributed by atoms with Gasteiger partial charge in [0, 0.05) is 32.7 Å². The molecule has 2 aromatic carbocycles. The maximum atomic E-state index is 12.7. The second kappa shape index (κ2) is 8.87. The van der Waals surface area contributed by atoms with E-state index >= 15 is 0 Å². The summed E-state index contributed by atoms with van der Waals surface area (Å²) in [5, 5.41) is 0. The molecular weight excluding hydrogens is 360 g/mol. The molecule has 0 spiro atoms. The molecule has 1 saturated heterocycles. The highest BCUT2D eigenvalue weighted by Gasteiger charge is 2.26. The second-order valence-electron chi connectivity index (χ2n) is 7.09. The Kier molecular flexibility index (Phi) is 6.52. The summed E-state index contributed by atoms with van der Waals surface area (Å²) in [5.74, 6) is 0.956. The molecule has 0 bridgehead atoms. The summed E-state index contributed by atoms with van der Waals surface area (Å²) >= 11 is 0. The van der Waals surface area contributed by atoms with Crippen LogP contribution in [0.4, 0.5) is 0 Å². The second-order valence-corrected chi connectivity index (χ2v) is 9.06. The van der Waals surface area contributed by atoms with Crippen LogP contribution >= 0.6 is 0 Å². The monoisotopic (exact) mass is 388 g/mol. The molecule has 146 valence electrons. The van der Waals surface area contributed by atoms with Crippen molar-refractivity contribution in [2.75, 3.05) is 39.8 Å². The zero-order valence-corrected chi connectivity index (χ0v) is 16.9. The first-order valence-electron chi connectivity index (χ1n) is 9.35. The summed E-state index contributed by atoms with van der Waals surface area (Å²) in [6.07, 6.45) is 0.938. The maximum absolute atomic E-state index is 12.7. The van der Waals surface area contributed by atoms with Gasteiger partial charge in [0.05, 0.1) is 12.9 Å². The molecule has 0 unspecified atom stereocenters. The average molecular weight is 389 g/mol. The normalized spacial score (nSPS) is 16.4. The minimum Gasteiger partial charge on any atom is -0.497 e. The number of benzene rings is 2. The molecule has 1 heterocycles. The van der Waals surface area contributed by atoms with Crippen molar-refractivity contribution >= 4 is 10.0 Å². The zero-order chi connectivity index (χ0) is 19.3. The summed E-state index contributed by atoms with van der Waals surface area (Å²) < 4.78 is 32.3. The molecule has 0 radical (unpaired) electrons. The first-order valence-corrected chi connectivity index (χ1v) is 11.0. The highest BCUT2D eigenvalue weighted by Crippen LogP contribution is 2.16. The van der Waals surface area contributed by atoms with E-state index in [0.29, 0.717) is 13.1 Å². The molecule has 6 heteroatoms. The molecule has 5 nitrogen and oxygen atoms in total. The number of aryl methyl sites for hydroxylation is 1. The van der Waals surface area contributed by atoms with Gasteiger partial charge in [-0.2, -0.15) is 4.31 Å². The quantitative estimate of drug-likeness (QED) is 0.732. The highest BCUT2D eigenvalue weighted by molar-refractivity contribution is 7.88. The van der Waals surface area contributed by atoms with Crippen LogP contribution in [-0.2, 0) is 22.2 Å². The summed E-state index contributed by atoms with van der Waals surface area (Å²) in [6.45, 7) is 5.59. The number of ether oxygens (including phenoxy) is 1. The molecule has 1 fully saturated rings. The Morgan fingerprint density at radius 1 is 0.963 bits per heavy atom. The predicted molar refractivity (Wildman–Crippen MR) is 109 cm³/mol. The lowest BCUT2D eigenvalue weighted by molar-refractivity contribution is 0.190. The van der Waals surface area contributed by atoms with Crippen molar-refractivity contribution in [3.05, 3.63) is 65.2 Å². The van der Waals surface area contributed by atoms with Gasteiger partial charge in [-0.25, -0.2) is 8.42 Å². The van der Waals surface area contributed by atoms with Crippen molar-refractivity contribution in [3.8, 4) is 5.75 Å². The van der Waals surface area contributed by atoms with Crippen molar-refractivity contribution in [2.45, 2.75) is 19.1 Å². The number of sulfonamides is 1. The van der Waals surface area contributed by atoms with Gasteiger partial charge in [0.25, 0.3) is 0 Å². The molecule has 2 aromatic rings. The fraction of sp³-hybridized carbons (Fsp3) is 0.429. The Balaban J connectivity index is 1.50. The summed E-state index contributed by atoms with van der Waals surface area (Å²) in [4.78, 5) is 2.33. The van der Waals surface area contributed by atoms with E-state index in [0.717, 1.165) is 42.9 Å². The third kappa shape index (κ3) is 5.54. The van der Waals surface area contributed by atoms with Crippen LogP contribution in [0.15, 0.2) is 48.5 Å². The number of nitrogens with zero attached hydrogens (tertiary/aromatic N) is 2.